The molecule has 0 saturated heterocycles. The summed E-state index contributed by atoms with van der Waals surface area (Å²) in [4.78, 5) is 23.2. The zero-order chi connectivity index (χ0) is 18.0. The number of hydrogen-bond acceptors (Lipinski definition) is 5. The number of methoxy groups -OCH3 is 1. The Morgan fingerprint density at radius 1 is 1.28 bits per heavy atom. The van der Waals surface area contributed by atoms with Crippen molar-refractivity contribution in [2.75, 3.05) is 7.11 Å². The topological polar surface area (TPSA) is 84.9 Å². The molecule has 1 atom stereocenters. The Bertz CT molecular complexity index is 965. The van der Waals surface area contributed by atoms with Crippen molar-refractivity contribution in [3.05, 3.63) is 52.8 Å². The Labute approximate surface area is 148 Å². The molecule has 0 fully saturated rings. The number of pyridine rings is 1. The molecule has 1 unspecified atom stereocenters. The number of benzene rings is 1. The highest BCUT2D eigenvalue weighted by atomic mass is 32.2. The second-order valence-corrected chi connectivity index (χ2v) is 7.20. The van der Waals surface area contributed by atoms with Gasteiger partial charge in [0.25, 0.3) is 0 Å². The van der Waals surface area contributed by atoms with Crippen molar-refractivity contribution in [1.82, 2.24) is 15.0 Å². The first-order valence-corrected chi connectivity index (χ1v) is 9.14. The van der Waals surface area contributed by atoms with Gasteiger partial charge in [-0.25, -0.2) is 4.98 Å². The molecule has 1 N–H and O–H groups in total. The van der Waals surface area contributed by atoms with Gasteiger partial charge >= 0.3 is 5.97 Å². The number of aromatic nitrogens is 3. The van der Waals surface area contributed by atoms with Crippen LogP contribution in [0.25, 0.3) is 11.0 Å². The van der Waals surface area contributed by atoms with E-state index in [1.807, 2.05) is 32.0 Å². The van der Waals surface area contributed by atoms with Crippen LogP contribution in [0.1, 0.15) is 22.4 Å². The standard InChI is InChI=1S/C18H19N3O3S/c1-11-6-7-19-16(12(11)2)10-25(23)18-20-14-5-4-13(8-15(14)21-18)9-17(22)24-3/h4-8H,9-10H2,1-3H3,(H,20,21). The second-order valence-electron chi connectivity index (χ2n) is 5.84. The molecule has 0 aliphatic rings. The lowest BCUT2D eigenvalue weighted by Crippen LogP contribution is -2.04. The Morgan fingerprint density at radius 3 is 2.84 bits per heavy atom. The van der Waals surface area contributed by atoms with Crippen LogP contribution < -0.4 is 0 Å². The van der Waals surface area contributed by atoms with Crippen molar-refractivity contribution in [2.45, 2.75) is 31.2 Å². The highest BCUT2D eigenvalue weighted by Crippen LogP contribution is 2.19. The van der Waals surface area contributed by atoms with E-state index in [1.165, 1.54) is 7.11 Å². The largest absolute Gasteiger partial charge is 0.469 e. The van der Waals surface area contributed by atoms with E-state index in [-0.39, 0.29) is 12.4 Å². The van der Waals surface area contributed by atoms with Crippen LogP contribution in [0.15, 0.2) is 35.6 Å². The molecule has 0 aliphatic carbocycles. The molecule has 0 saturated carbocycles. The summed E-state index contributed by atoms with van der Waals surface area (Å²) in [7, 11) is 0.0354. The number of aryl methyl sites for hydroxylation is 1. The summed E-state index contributed by atoms with van der Waals surface area (Å²) in [6.07, 6.45) is 1.92. The monoisotopic (exact) mass is 357 g/mol. The fourth-order valence-corrected chi connectivity index (χ4v) is 3.62. The van der Waals surface area contributed by atoms with E-state index in [0.717, 1.165) is 27.9 Å². The number of nitrogens with zero attached hydrogens (tertiary/aromatic N) is 2. The fraction of sp³-hybridized carbons (Fsp3) is 0.278. The minimum absolute atomic E-state index is 0.191. The molecular formula is C18H19N3O3S. The first-order valence-electron chi connectivity index (χ1n) is 7.83. The van der Waals surface area contributed by atoms with Gasteiger partial charge in [0.15, 0.2) is 5.16 Å². The number of imidazole rings is 1. The molecule has 1 aromatic carbocycles. The van der Waals surface area contributed by atoms with Crippen molar-refractivity contribution in [2.24, 2.45) is 0 Å². The van der Waals surface area contributed by atoms with Crippen LogP contribution in [0.3, 0.4) is 0 Å². The van der Waals surface area contributed by atoms with Crippen molar-refractivity contribution >= 4 is 27.8 Å². The number of ether oxygens (including phenoxy) is 1. The third-order valence-corrected chi connectivity index (χ3v) is 5.32. The summed E-state index contributed by atoms with van der Waals surface area (Å²) < 4.78 is 17.3. The Hall–Kier alpha value is -2.54. The fourth-order valence-electron chi connectivity index (χ4n) is 2.52. The molecule has 7 heteroatoms. The van der Waals surface area contributed by atoms with Gasteiger partial charge in [-0.3, -0.25) is 14.0 Å². The zero-order valence-corrected chi connectivity index (χ0v) is 15.1. The Morgan fingerprint density at radius 2 is 2.08 bits per heavy atom. The molecule has 2 heterocycles. The highest BCUT2D eigenvalue weighted by Gasteiger charge is 2.14. The van der Waals surface area contributed by atoms with Crippen LogP contribution >= 0.6 is 0 Å². The van der Waals surface area contributed by atoms with E-state index < -0.39 is 10.8 Å². The van der Waals surface area contributed by atoms with E-state index in [1.54, 1.807) is 12.3 Å². The lowest BCUT2D eigenvalue weighted by atomic mass is 10.1. The summed E-state index contributed by atoms with van der Waals surface area (Å²) in [6.45, 7) is 3.99. The number of esters is 1. The molecule has 0 spiro atoms. The molecule has 6 nitrogen and oxygen atoms in total. The van der Waals surface area contributed by atoms with E-state index >= 15 is 0 Å². The van der Waals surface area contributed by atoms with Gasteiger partial charge in [0.1, 0.15) is 0 Å². The van der Waals surface area contributed by atoms with Crippen molar-refractivity contribution in [1.29, 1.82) is 0 Å². The number of aromatic amines is 1. The summed E-state index contributed by atoms with van der Waals surface area (Å²) in [5.74, 6) is 0.00573. The van der Waals surface area contributed by atoms with Gasteiger partial charge in [-0.2, -0.15) is 0 Å². The van der Waals surface area contributed by atoms with Crippen LogP contribution in [0, 0.1) is 13.8 Å². The quantitative estimate of drug-likeness (QED) is 0.710. The number of carbonyl (C=O) groups excluding carboxylic acids is 1. The Kier molecular flexibility index (Phi) is 4.94. The maximum Gasteiger partial charge on any atom is 0.309 e. The third-order valence-electron chi connectivity index (χ3n) is 4.16. The third kappa shape index (κ3) is 3.76. The normalized spacial score (nSPS) is 12.3. The van der Waals surface area contributed by atoms with Gasteiger partial charge in [-0.05, 0) is 48.7 Å². The van der Waals surface area contributed by atoms with Crippen molar-refractivity contribution < 1.29 is 13.7 Å². The minimum Gasteiger partial charge on any atom is -0.469 e. The molecule has 2 aromatic heterocycles. The van der Waals surface area contributed by atoms with Gasteiger partial charge in [0.05, 0.1) is 46.8 Å². The molecule has 0 radical (unpaired) electrons. The number of H-pyrrole nitrogens is 1. The summed E-state index contributed by atoms with van der Waals surface area (Å²) in [5.41, 5.74) is 5.26. The second kappa shape index (κ2) is 7.14. The first-order chi connectivity index (χ1) is 12.0. The molecule has 0 aliphatic heterocycles. The van der Waals surface area contributed by atoms with Crippen LogP contribution in [0.5, 0.6) is 0 Å². The molecule has 3 aromatic rings. The van der Waals surface area contributed by atoms with Crippen LogP contribution in [-0.4, -0.2) is 32.2 Å². The maximum absolute atomic E-state index is 12.7. The summed E-state index contributed by atoms with van der Waals surface area (Å²) >= 11 is 0. The average Bonchev–Trinajstić information content (AvgIpc) is 3.02. The average molecular weight is 357 g/mol. The SMILES string of the molecule is COC(=O)Cc1ccc2nc(S(=O)Cc3nccc(C)c3C)[nH]c2c1. The maximum atomic E-state index is 12.7. The van der Waals surface area contributed by atoms with Gasteiger partial charge < -0.3 is 9.72 Å². The van der Waals surface area contributed by atoms with Crippen LogP contribution in [-0.2, 0) is 32.5 Å². The molecule has 130 valence electrons. The van der Waals surface area contributed by atoms with Gasteiger partial charge in [-0.1, -0.05) is 6.07 Å². The zero-order valence-electron chi connectivity index (χ0n) is 14.3. The van der Waals surface area contributed by atoms with Crippen molar-refractivity contribution in [3.63, 3.8) is 0 Å². The summed E-state index contributed by atoms with van der Waals surface area (Å²) in [5, 5.41) is 0.410. The smallest absolute Gasteiger partial charge is 0.309 e. The lowest BCUT2D eigenvalue weighted by molar-refractivity contribution is -0.139. The number of nitrogens with one attached hydrogen (secondary N) is 1. The van der Waals surface area contributed by atoms with Gasteiger partial charge in [0, 0.05) is 6.20 Å². The van der Waals surface area contributed by atoms with E-state index in [2.05, 4.69) is 19.7 Å². The minimum atomic E-state index is -1.33. The van der Waals surface area contributed by atoms with E-state index in [0.29, 0.717) is 16.4 Å². The Balaban J connectivity index is 1.84. The predicted molar refractivity (Wildman–Crippen MR) is 95.6 cm³/mol. The van der Waals surface area contributed by atoms with E-state index in [9.17, 15) is 9.00 Å². The number of carbonyl (C=O) groups is 1. The number of rotatable bonds is 5. The van der Waals surface area contributed by atoms with E-state index in [4.69, 9.17) is 0 Å². The molecular weight excluding hydrogens is 338 g/mol. The molecule has 0 bridgehead atoms. The van der Waals surface area contributed by atoms with Gasteiger partial charge in [-0.15, -0.1) is 0 Å². The first kappa shape index (κ1) is 17.3. The molecule has 0 amide bonds. The van der Waals surface area contributed by atoms with Crippen LogP contribution in [0.4, 0.5) is 0 Å². The highest BCUT2D eigenvalue weighted by molar-refractivity contribution is 7.84. The number of fused-ring (bicyclic) bond motifs is 1. The lowest BCUT2D eigenvalue weighted by Gasteiger charge is -2.05. The summed E-state index contributed by atoms with van der Waals surface area (Å²) in [6, 6.07) is 7.39. The van der Waals surface area contributed by atoms with Crippen LogP contribution in [0.2, 0.25) is 0 Å². The molecule has 3 rings (SSSR count). The molecule has 25 heavy (non-hydrogen) atoms. The number of hydrogen-bond donors (Lipinski definition) is 1. The predicted octanol–water partition coefficient (Wildman–Crippen LogP) is 2.60. The van der Waals surface area contributed by atoms with Gasteiger partial charge in [0.2, 0.25) is 0 Å². The van der Waals surface area contributed by atoms with Crippen molar-refractivity contribution in [3.8, 4) is 0 Å².